The van der Waals surface area contributed by atoms with Crippen molar-refractivity contribution in [3.8, 4) is 0 Å². The molecule has 1 fully saturated rings. The zero-order chi connectivity index (χ0) is 23.8. The van der Waals surface area contributed by atoms with Crippen LogP contribution in [0.15, 0.2) is 53.4 Å². The molecule has 1 atom stereocenters. The fraction of sp³-hybridized carbons (Fsp3) is 0.391. The number of rotatable bonds is 10. The second-order valence-electron chi connectivity index (χ2n) is 7.85. The first-order valence-electron chi connectivity index (χ1n) is 10.7. The highest BCUT2D eigenvalue weighted by Crippen LogP contribution is 2.19. The molecule has 0 bridgehead atoms. The second-order valence-corrected chi connectivity index (χ2v) is 10.5. The molecule has 2 aromatic rings. The average Bonchev–Trinajstić information content (AvgIpc) is 2.78. The number of benzene rings is 2. The van der Waals surface area contributed by atoms with Gasteiger partial charge in [0.15, 0.2) is 0 Å². The minimum Gasteiger partial charge on any atom is -0.338 e. The number of anilines is 1. The number of halogens is 1. The third kappa shape index (κ3) is 7.02. The topological polar surface area (TPSA) is 95.6 Å². The molecule has 0 radical (unpaired) electrons. The van der Waals surface area contributed by atoms with Crippen LogP contribution in [0.5, 0.6) is 0 Å². The number of hydrogen-bond donors (Lipinski definition) is 2. The Morgan fingerprint density at radius 2 is 1.97 bits per heavy atom. The van der Waals surface area contributed by atoms with E-state index in [9.17, 15) is 22.4 Å². The smallest absolute Gasteiger partial charge is 0.244 e. The highest BCUT2D eigenvalue weighted by Gasteiger charge is 2.27. The molecule has 1 aliphatic heterocycles. The van der Waals surface area contributed by atoms with Crippen molar-refractivity contribution in [1.29, 1.82) is 0 Å². The van der Waals surface area contributed by atoms with Crippen molar-refractivity contribution < 1.29 is 22.4 Å². The van der Waals surface area contributed by atoms with Crippen LogP contribution in [0.2, 0.25) is 0 Å². The molecule has 3 rings (SSSR count). The molecule has 10 heteroatoms. The molecule has 2 aromatic carbocycles. The van der Waals surface area contributed by atoms with Gasteiger partial charge in [-0.1, -0.05) is 24.3 Å². The van der Waals surface area contributed by atoms with Crippen LogP contribution in [0.3, 0.4) is 0 Å². The van der Waals surface area contributed by atoms with Gasteiger partial charge in [0.05, 0.1) is 0 Å². The van der Waals surface area contributed by atoms with E-state index in [0.29, 0.717) is 31.0 Å². The maximum absolute atomic E-state index is 14.0. The summed E-state index contributed by atoms with van der Waals surface area (Å²) in [5.41, 5.74) is 1.37. The number of nitrogens with zero attached hydrogens (tertiary/aromatic N) is 1. The normalized spacial score (nSPS) is 15.3. The van der Waals surface area contributed by atoms with E-state index in [1.54, 1.807) is 23.1 Å². The Labute approximate surface area is 198 Å². The number of piperidine rings is 1. The summed E-state index contributed by atoms with van der Waals surface area (Å²) in [7, 11) is -4.23. The Kier molecular flexibility index (Phi) is 8.87. The van der Waals surface area contributed by atoms with Crippen molar-refractivity contribution in [2.45, 2.75) is 43.2 Å². The fourth-order valence-corrected chi connectivity index (χ4v) is 5.40. The van der Waals surface area contributed by atoms with Gasteiger partial charge in [0.25, 0.3) is 0 Å². The number of hydrogen-bond acceptors (Lipinski definition) is 5. The van der Waals surface area contributed by atoms with Crippen LogP contribution in [-0.4, -0.2) is 49.7 Å². The van der Waals surface area contributed by atoms with Crippen LogP contribution < -0.4 is 10.0 Å². The number of sulfonamides is 1. The lowest BCUT2D eigenvalue weighted by Crippen LogP contribution is -2.44. The van der Waals surface area contributed by atoms with E-state index in [1.807, 2.05) is 12.3 Å². The molecule has 2 N–H and O–H groups in total. The molecule has 1 heterocycles. The Morgan fingerprint density at radius 3 is 2.70 bits per heavy atom. The fourth-order valence-electron chi connectivity index (χ4n) is 3.62. The molecule has 0 aliphatic carbocycles. The number of thioether (sulfide) groups is 1. The molecular formula is C23H28FN3O4S2. The minimum absolute atomic E-state index is 0.121. The summed E-state index contributed by atoms with van der Waals surface area (Å²) in [5.74, 6) is -0.755. The molecule has 1 unspecified atom stereocenters. The molecule has 2 amide bonds. The minimum atomic E-state index is -4.23. The van der Waals surface area contributed by atoms with Crippen molar-refractivity contribution in [3.05, 3.63) is 59.9 Å². The van der Waals surface area contributed by atoms with E-state index in [2.05, 4.69) is 10.0 Å². The van der Waals surface area contributed by atoms with E-state index in [1.165, 1.54) is 23.9 Å². The molecule has 1 aliphatic rings. The molecule has 0 spiro atoms. The van der Waals surface area contributed by atoms with Crippen LogP contribution in [0.4, 0.5) is 10.1 Å². The number of amides is 2. The first kappa shape index (κ1) is 25.2. The molecular weight excluding hydrogens is 465 g/mol. The lowest BCUT2D eigenvalue weighted by atomic mass is 10.1. The molecule has 0 aromatic heterocycles. The van der Waals surface area contributed by atoms with Gasteiger partial charge < -0.3 is 10.2 Å². The monoisotopic (exact) mass is 493 g/mol. The summed E-state index contributed by atoms with van der Waals surface area (Å²) in [4.78, 5) is 26.3. The number of likely N-dealkylation sites (tertiary alicyclic amines) is 1. The predicted molar refractivity (Wildman–Crippen MR) is 128 cm³/mol. The molecule has 0 saturated carbocycles. The highest BCUT2D eigenvalue weighted by molar-refractivity contribution is 7.98. The van der Waals surface area contributed by atoms with Gasteiger partial charge in [-0.2, -0.15) is 16.5 Å². The number of carbonyl (C=O) groups is 2. The summed E-state index contributed by atoms with van der Waals surface area (Å²) >= 11 is 1.47. The summed E-state index contributed by atoms with van der Waals surface area (Å²) in [6.07, 6.45) is 4.52. The average molecular weight is 494 g/mol. The summed E-state index contributed by atoms with van der Waals surface area (Å²) in [6.45, 7) is 1.17. The lowest BCUT2D eigenvalue weighted by Gasteiger charge is -2.27. The molecule has 33 heavy (non-hydrogen) atoms. The summed E-state index contributed by atoms with van der Waals surface area (Å²) in [6, 6.07) is 11.1. The van der Waals surface area contributed by atoms with Gasteiger partial charge in [0, 0.05) is 25.2 Å². The Balaban J connectivity index is 1.72. The predicted octanol–water partition coefficient (Wildman–Crippen LogP) is 3.38. The van der Waals surface area contributed by atoms with Gasteiger partial charge >= 0.3 is 0 Å². The molecule has 7 nitrogen and oxygen atoms in total. The van der Waals surface area contributed by atoms with Crippen LogP contribution in [-0.2, 0) is 26.2 Å². The van der Waals surface area contributed by atoms with Gasteiger partial charge in [-0.25, -0.2) is 12.8 Å². The van der Waals surface area contributed by atoms with Gasteiger partial charge in [-0.05, 0) is 61.1 Å². The van der Waals surface area contributed by atoms with E-state index in [4.69, 9.17) is 0 Å². The van der Waals surface area contributed by atoms with Crippen LogP contribution in [0.1, 0.15) is 31.2 Å². The summed E-state index contributed by atoms with van der Waals surface area (Å²) in [5, 5.41) is 2.76. The van der Waals surface area contributed by atoms with Crippen molar-refractivity contribution in [1.82, 2.24) is 9.62 Å². The third-order valence-corrected chi connectivity index (χ3v) is 7.49. The maximum atomic E-state index is 14.0. The van der Waals surface area contributed by atoms with Gasteiger partial charge in [0.2, 0.25) is 21.8 Å². The standard InChI is InChI=1S/C23H28FN3O4S2/c1-32-14-12-20(26-33(30,31)21-10-3-2-9-19(21)24)23(29)25-18-8-6-7-17(15-18)16-27-13-5-4-11-22(27)28/h2-3,6-10,15,20,26H,4-5,11-14,16H2,1H3,(H,25,29). The Hall–Kier alpha value is -2.43. The van der Waals surface area contributed by atoms with Gasteiger partial charge in [0.1, 0.15) is 16.8 Å². The lowest BCUT2D eigenvalue weighted by molar-refractivity contribution is -0.133. The van der Waals surface area contributed by atoms with Crippen LogP contribution >= 0.6 is 11.8 Å². The van der Waals surface area contributed by atoms with E-state index in [-0.39, 0.29) is 12.3 Å². The maximum Gasteiger partial charge on any atom is 0.244 e. The van der Waals surface area contributed by atoms with Crippen LogP contribution in [0, 0.1) is 5.82 Å². The largest absolute Gasteiger partial charge is 0.338 e. The molecule has 1 saturated heterocycles. The highest BCUT2D eigenvalue weighted by atomic mass is 32.2. The zero-order valence-electron chi connectivity index (χ0n) is 18.4. The van der Waals surface area contributed by atoms with Gasteiger partial charge in [-0.15, -0.1) is 0 Å². The number of nitrogens with one attached hydrogen (secondary N) is 2. The summed E-state index contributed by atoms with van der Waals surface area (Å²) < 4.78 is 41.8. The van der Waals surface area contributed by atoms with E-state index >= 15 is 0 Å². The molecule has 178 valence electrons. The van der Waals surface area contributed by atoms with Gasteiger partial charge in [-0.3, -0.25) is 9.59 Å². The first-order chi connectivity index (χ1) is 15.8. The van der Waals surface area contributed by atoms with Crippen molar-refractivity contribution in [2.24, 2.45) is 0 Å². The van der Waals surface area contributed by atoms with E-state index < -0.39 is 32.7 Å². The first-order valence-corrected chi connectivity index (χ1v) is 13.6. The van der Waals surface area contributed by atoms with Crippen molar-refractivity contribution >= 4 is 39.3 Å². The Bertz CT molecular complexity index is 1090. The second kappa shape index (κ2) is 11.6. The van der Waals surface area contributed by atoms with E-state index in [0.717, 1.165) is 30.5 Å². The van der Waals surface area contributed by atoms with Crippen molar-refractivity contribution in [2.75, 3.05) is 23.9 Å². The third-order valence-electron chi connectivity index (χ3n) is 5.34. The quantitative estimate of drug-likeness (QED) is 0.529. The number of carbonyl (C=O) groups excluding carboxylic acids is 2. The van der Waals surface area contributed by atoms with Crippen molar-refractivity contribution in [3.63, 3.8) is 0 Å². The zero-order valence-corrected chi connectivity index (χ0v) is 20.1. The Morgan fingerprint density at radius 1 is 1.18 bits per heavy atom. The SMILES string of the molecule is CSCCC(NS(=O)(=O)c1ccccc1F)C(=O)Nc1cccc(CN2CCCCC2=O)c1. The van der Waals surface area contributed by atoms with Crippen LogP contribution in [0.25, 0.3) is 0 Å².